The van der Waals surface area contributed by atoms with Crippen molar-refractivity contribution in [1.29, 1.82) is 0 Å². The normalized spacial score (nSPS) is 21.4. The van der Waals surface area contributed by atoms with Gasteiger partial charge in [0.25, 0.3) is 0 Å². The standard InChI is InChI=1S/C110H93N13O5/c1-57-73-22-24-75(114-73)66-12-8-46-125-43-4-5-44-126-47-9-13-67-76-26-32-83(116-76)90(58-15-17-59(18-16-58)108-97-71-55-65-53-63-51-61-20-19-60-50-62-52-64-54-70(72(97)56-123(108)3)98-99(71)105-96(65)94(63)103-92(61)91(60)102-93(62)95(64)104(98)107(105)106(102)103)84-33-27-77(117-84)68(79-29-35-86(119-79)100(85-34-28-78(67)118-85)109-111-39-11-40-112-109)14-10-48-127-45-6-7-49-128-89(124)38-21-69(81-25-23-74(57)115-81)82-31-37-88(121-82)101(87-36-30-80(66)120-87)110-113-41-42-122(110)2/h4-7,11,15-18,22-27,29-33,35-37,39-42,50-51,54-55,72,85,97,100,108,115-116,119-120H,8-10,12-14,19-21,28,34,38,43-49,52-53,56H2,1-3H3/b5-4-,7-6-,73-57?,74-57?,75-66?,76-67?,77-68?,80-66?,81-69?,82-69?,90-83?,101-87?,101-88?. The molecule has 5 atom stereocenters. The van der Waals surface area contributed by atoms with E-state index in [4.69, 9.17) is 53.9 Å². The van der Waals surface area contributed by atoms with Gasteiger partial charge in [0.15, 0.2) is 0 Å². The fraction of sp³-hybridized carbons (Fsp3) is 0.273. The van der Waals surface area contributed by atoms with Crippen molar-refractivity contribution in [3.8, 4) is 11.4 Å². The van der Waals surface area contributed by atoms with Crippen molar-refractivity contribution in [2.24, 2.45) is 17.0 Å². The lowest BCUT2D eigenvalue weighted by molar-refractivity contribution is -0.142. The highest BCUT2D eigenvalue weighted by Gasteiger charge is 2.50. The molecular weight excluding hydrogens is 1580 g/mol. The van der Waals surface area contributed by atoms with Crippen molar-refractivity contribution in [3.63, 3.8) is 0 Å². The summed E-state index contributed by atoms with van der Waals surface area (Å²) in [5.74, 6) is 1.57. The second-order valence-electron chi connectivity index (χ2n) is 37.3. The van der Waals surface area contributed by atoms with Gasteiger partial charge in [0.05, 0.1) is 77.0 Å². The predicted octanol–water partition coefficient (Wildman–Crippen LogP) is 19.8. The maximum Gasteiger partial charge on any atom is 0.306 e. The lowest BCUT2D eigenvalue weighted by Crippen LogP contribution is -2.22. The largest absolute Gasteiger partial charge is 0.461 e. The van der Waals surface area contributed by atoms with Gasteiger partial charge in [-0.25, -0.2) is 29.9 Å². The van der Waals surface area contributed by atoms with Gasteiger partial charge in [-0.3, -0.25) is 14.7 Å². The number of hydrogen-bond acceptors (Lipinski definition) is 13. The van der Waals surface area contributed by atoms with Crippen LogP contribution in [0.5, 0.6) is 0 Å². The van der Waals surface area contributed by atoms with E-state index in [1.54, 1.807) is 120 Å². The van der Waals surface area contributed by atoms with Gasteiger partial charge in [-0.1, -0.05) is 66.8 Å². The third-order valence-corrected chi connectivity index (χ3v) is 30.3. The Morgan fingerprint density at radius 2 is 1.09 bits per heavy atom. The molecule has 1 fully saturated rings. The Balaban J connectivity index is 0.533. The van der Waals surface area contributed by atoms with E-state index in [0.29, 0.717) is 71.2 Å². The van der Waals surface area contributed by atoms with Crippen LogP contribution >= 0.6 is 0 Å². The topological polar surface area (TPSA) is 214 Å². The van der Waals surface area contributed by atoms with Crippen LogP contribution in [-0.2, 0) is 69.3 Å². The molecular formula is C110H93N13O5. The molecule has 4 N–H and O–H groups in total. The Morgan fingerprint density at radius 1 is 0.484 bits per heavy atom. The van der Waals surface area contributed by atoms with E-state index in [-0.39, 0.29) is 42.9 Å². The van der Waals surface area contributed by atoms with Crippen molar-refractivity contribution in [2.45, 2.75) is 127 Å². The first-order chi connectivity index (χ1) is 63.1. The molecule has 0 radical (unpaired) electrons. The van der Waals surface area contributed by atoms with E-state index in [9.17, 15) is 4.79 Å². The minimum absolute atomic E-state index is 0.112. The minimum atomic E-state index is -0.313. The lowest BCUT2D eigenvalue weighted by Gasteiger charge is -2.32. The number of allylic oxidation sites excluding steroid dienone is 3. The zero-order valence-electron chi connectivity index (χ0n) is 71.9. The number of aromatic amines is 4. The van der Waals surface area contributed by atoms with Gasteiger partial charge in [0.1, 0.15) is 18.3 Å². The van der Waals surface area contributed by atoms with Crippen LogP contribution in [0, 0.1) is 6.92 Å². The molecule has 12 aliphatic rings. The van der Waals surface area contributed by atoms with E-state index >= 15 is 0 Å². The number of hydrogen-bond donors (Lipinski definition) is 4. The highest BCUT2D eigenvalue weighted by atomic mass is 16.5. The van der Waals surface area contributed by atoms with E-state index in [1.165, 1.54) is 11.1 Å². The Labute approximate surface area is 737 Å². The summed E-state index contributed by atoms with van der Waals surface area (Å²) < 4.78 is 27.2. The molecule has 7 aromatic heterocycles. The number of carbonyl (C=O) groups excluding carboxylic acids is 1. The highest BCUT2D eigenvalue weighted by molar-refractivity contribution is 6.57. The number of nitrogens with one attached hydrogen (secondary N) is 4. The van der Waals surface area contributed by atoms with Crippen molar-refractivity contribution < 1.29 is 23.7 Å². The average Bonchev–Trinajstić information content (AvgIpc) is 1.46. The number of esters is 1. The summed E-state index contributed by atoms with van der Waals surface area (Å²) in [5, 5.41) is 24.1. The first-order valence-electron chi connectivity index (χ1n) is 46.2. The minimum Gasteiger partial charge on any atom is -0.461 e. The fourth-order valence-electron chi connectivity index (χ4n) is 24.9. The molecule has 0 amide bonds. The second-order valence-corrected chi connectivity index (χ2v) is 37.3. The summed E-state index contributed by atoms with van der Waals surface area (Å²) in [6, 6.07) is 39.8. The molecule has 8 aliphatic heterocycles. The predicted molar refractivity (Wildman–Crippen MR) is 511 cm³/mol. The molecule has 9 aromatic carbocycles. The molecule has 16 aromatic rings. The van der Waals surface area contributed by atoms with Crippen LogP contribution in [0.2, 0.25) is 0 Å². The molecule has 20 bridgehead atoms. The van der Waals surface area contributed by atoms with E-state index in [0.717, 1.165) is 199 Å². The number of imidazole rings is 1. The first-order valence-corrected chi connectivity index (χ1v) is 46.2. The molecule has 0 spiro atoms. The molecule has 0 saturated carbocycles. The number of ether oxygens (including phenoxy) is 4. The van der Waals surface area contributed by atoms with Gasteiger partial charge in [0.2, 0.25) is 0 Å². The molecule has 128 heavy (non-hydrogen) atoms. The number of nitrogens with zero attached hydrogens (tertiary/aromatic N) is 9. The lowest BCUT2D eigenvalue weighted by atomic mass is 9.71. The van der Waals surface area contributed by atoms with Gasteiger partial charge in [-0.2, -0.15) is 0 Å². The smallest absolute Gasteiger partial charge is 0.306 e. The van der Waals surface area contributed by atoms with Gasteiger partial charge < -0.3 is 43.5 Å². The van der Waals surface area contributed by atoms with Crippen molar-refractivity contribution in [3.05, 3.63) is 293 Å². The maximum absolute atomic E-state index is 13.9. The summed E-state index contributed by atoms with van der Waals surface area (Å²) in [4.78, 5) is 69.2. The van der Waals surface area contributed by atoms with Crippen LogP contribution in [0.3, 0.4) is 0 Å². The highest BCUT2D eigenvalue weighted by Crippen LogP contribution is 2.67. The third-order valence-electron chi connectivity index (χ3n) is 30.3. The van der Waals surface area contributed by atoms with Crippen molar-refractivity contribution in [1.82, 2.24) is 54.3 Å². The van der Waals surface area contributed by atoms with E-state index < -0.39 is 0 Å². The number of fused-ring (bicyclic) bond motifs is 26. The van der Waals surface area contributed by atoms with Gasteiger partial charge >= 0.3 is 5.97 Å². The summed E-state index contributed by atoms with van der Waals surface area (Å²) in [6.07, 6.45) is 39.0. The summed E-state index contributed by atoms with van der Waals surface area (Å²) in [7, 11) is 4.40. The quantitative estimate of drug-likeness (QED) is 0.0739. The third kappa shape index (κ3) is 11.4. The Hall–Kier alpha value is -13.4. The van der Waals surface area contributed by atoms with Gasteiger partial charge in [-0.15, -0.1) is 0 Å². The monoisotopic (exact) mass is 1680 g/mol. The van der Waals surface area contributed by atoms with Crippen molar-refractivity contribution in [2.75, 3.05) is 59.8 Å². The first kappa shape index (κ1) is 74.8. The molecule has 28 rings (SSSR count). The Bertz CT molecular complexity index is 8040. The molecule has 5 unspecified atom stereocenters. The Morgan fingerprint density at radius 3 is 1.80 bits per heavy atom. The van der Waals surface area contributed by atoms with E-state index in [2.05, 4.69) is 172 Å². The van der Waals surface area contributed by atoms with Crippen LogP contribution in [0.4, 0.5) is 0 Å². The number of rotatable bonds is 4. The van der Waals surface area contributed by atoms with Crippen LogP contribution in [-0.4, -0.2) is 138 Å². The second kappa shape index (κ2) is 29.1. The molecule has 1 saturated heterocycles. The number of H-pyrrole nitrogens is 4. The van der Waals surface area contributed by atoms with E-state index in [1.807, 2.05) is 66.8 Å². The van der Waals surface area contributed by atoms with Crippen LogP contribution in [0.25, 0.3) is 150 Å². The van der Waals surface area contributed by atoms with Crippen LogP contribution in [0.1, 0.15) is 187 Å². The van der Waals surface area contributed by atoms with Crippen LogP contribution < -0.4 is 10.7 Å². The number of carbonyl (C=O) groups is 1. The van der Waals surface area contributed by atoms with Crippen LogP contribution in [0.15, 0.2) is 180 Å². The maximum atomic E-state index is 13.9. The van der Waals surface area contributed by atoms with Crippen molar-refractivity contribution >= 4 is 156 Å². The molecule has 15 heterocycles. The fourth-order valence-corrected chi connectivity index (χ4v) is 24.9. The number of benzene rings is 7. The zero-order valence-corrected chi connectivity index (χ0v) is 71.9. The molecule has 628 valence electrons. The average molecular weight is 1680 g/mol. The number of aryl methyl sites for hydroxylation is 6. The molecule has 4 aliphatic carbocycles. The Kier molecular flexibility index (Phi) is 17.0. The SMILES string of the molecule is Cc1c2nc(c3c4ccc([nH]4)c(-c4nccn4C)c4nc(c(c5ccc1[nH]5)CCC(=O)OC/C=C\COCCCC1=C5C=CC(=N5)C(c5ccc(C6C7c8cc9c%10c%11c(cc%12c%13c%14c(cc%15c%16c%17c(cc(c%18c8c%10c(c%17%18)c(c%14%16)c%13%11)C7CN6C)C%15)CC%12)C9)cc5)=c5ccc([nH]5)=C(CCCOC/C=C\COCCC3)C3=NC(CC3)C(c3ncccn3)c3ccc1[nH]3)C=C4)C=C2. The number of aliphatic imine (C=N–C) groups is 2. The number of likely N-dealkylation sites (N-methyl/N-ethyl adjacent to an activating group) is 1. The molecule has 18 nitrogen and oxygen atoms in total. The van der Waals surface area contributed by atoms with Gasteiger partial charge in [-0.05, 0) is 337 Å². The number of likely N-dealkylation sites (tertiary alicyclic amines) is 1. The molecule has 18 heteroatoms. The summed E-state index contributed by atoms with van der Waals surface area (Å²) >= 11 is 0. The number of aromatic nitrogens is 10. The summed E-state index contributed by atoms with van der Waals surface area (Å²) in [6.45, 7) is 6.08. The summed E-state index contributed by atoms with van der Waals surface area (Å²) in [5.41, 5.74) is 33.9. The zero-order chi connectivity index (χ0) is 84.4. The van der Waals surface area contributed by atoms with Gasteiger partial charge in [0, 0.05) is 149 Å².